The van der Waals surface area contributed by atoms with Gasteiger partial charge in [0, 0.05) is 54.1 Å². The topological polar surface area (TPSA) is 80.0 Å². The minimum absolute atomic E-state index is 0.0238. The second-order valence-corrected chi connectivity index (χ2v) is 9.14. The van der Waals surface area contributed by atoms with Crippen molar-refractivity contribution in [2.45, 2.75) is 5.75 Å². The molecule has 0 spiro atoms. The zero-order valence-electron chi connectivity index (χ0n) is 16.0. The summed E-state index contributed by atoms with van der Waals surface area (Å²) in [4.78, 5) is 16.4. The van der Waals surface area contributed by atoms with Crippen LogP contribution in [0.3, 0.4) is 0 Å². The van der Waals surface area contributed by atoms with Crippen molar-refractivity contribution in [2.75, 3.05) is 45.1 Å². The number of hydrogen-bond acceptors (Lipinski definition) is 5. The fourth-order valence-corrected chi connectivity index (χ4v) is 5.00. The standard InChI is InChI=1S/C21H23ClN2O4S/c22-16-2-4-20-18(12-16)17-11-15(1-3-19(17)28-20)13-29(27)14-21(26)24-7-5-23(6-8-24)9-10-25/h1-4,11-12,25H,5-10,13-14H2. The van der Waals surface area contributed by atoms with Crippen molar-refractivity contribution in [3.8, 4) is 0 Å². The van der Waals surface area contributed by atoms with Crippen LogP contribution in [0.15, 0.2) is 40.8 Å². The predicted octanol–water partition coefficient (Wildman–Crippen LogP) is 2.62. The van der Waals surface area contributed by atoms with Crippen molar-refractivity contribution in [3.05, 3.63) is 47.0 Å². The van der Waals surface area contributed by atoms with Crippen molar-refractivity contribution in [1.82, 2.24) is 9.80 Å². The molecule has 3 aromatic rings. The zero-order chi connectivity index (χ0) is 20.4. The van der Waals surface area contributed by atoms with Crippen LogP contribution in [0.2, 0.25) is 5.02 Å². The Labute approximate surface area is 177 Å². The average molecular weight is 435 g/mol. The third-order valence-corrected chi connectivity index (χ3v) is 6.71. The summed E-state index contributed by atoms with van der Waals surface area (Å²) in [5, 5.41) is 11.5. The van der Waals surface area contributed by atoms with Crippen molar-refractivity contribution in [2.24, 2.45) is 0 Å². The Hall–Kier alpha value is -1.77. The van der Waals surface area contributed by atoms with E-state index in [1.54, 1.807) is 11.0 Å². The molecule has 1 fully saturated rings. The van der Waals surface area contributed by atoms with Crippen LogP contribution in [0.4, 0.5) is 0 Å². The number of aliphatic hydroxyl groups excluding tert-OH is 1. The van der Waals surface area contributed by atoms with Crippen LogP contribution in [-0.2, 0) is 21.7 Å². The van der Waals surface area contributed by atoms with Crippen molar-refractivity contribution < 1.29 is 18.9 Å². The Morgan fingerprint density at radius 3 is 2.52 bits per heavy atom. The fourth-order valence-electron chi connectivity index (χ4n) is 3.71. The summed E-state index contributed by atoms with van der Waals surface area (Å²) in [5.74, 6) is 0.267. The van der Waals surface area contributed by atoms with Crippen LogP contribution in [0.1, 0.15) is 5.56 Å². The first-order valence-corrected chi connectivity index (χ1v) is 11.5. The molecule has 2 aromatic carbocycles. The highest BCUT2D eigenvalue weighted by Crippen LogP contribution is 2.31. The van der Waals surface area contributed by atoms with Gasteiger partial charge in [0.15, 0.2) is 5.75 Å². The Bertz CT molecular complexity index is 1020. The van der Waals surface area contributed by atoms with Crippen molar-refractivity contribution in [3.63, 3.8) is 0 Å². The molecule has 1 aromatic heterocycles. The highest BCUT2D eigenvalue weighted by atomic mass is 35.5. The minimum atomic E-state index is -1.29. The number of benzene rings is 2. The highest BCUT2D eigenvalue weighted by molar-refractivity contribution is 7.91. The van der Waals surface area contributed by atoms with Crippen LogP contribution in [0.25, 0.3) is 21.9 Å². The van der Waals surface area contributed by atoms with E-state index in [0.717, 1.165) is 40.6 Å². The monoisotopic (exact) mass is 434 g/mol. The maximum absolute atomic E-state index is 12.6. The number of nitrogens with zero attached hydrogens (tertiary/aromatic N) is 2. The van der Waals surface area contributed by atoms with Crippen LogP contribution in [0, 0.1) is 0 Å². The van der Waals surface area contributed by atoms with Gasteiger partial charge in [-0.25, -0.2) is 0 Å². The van der Waals surface area contributed by atoms with Gasteiger partial charge >= 0.3 is 0 Å². The van der Waals surface area contributed by atoms with Gasteiger partial charge in [0.1, 0.15) is 16.9 Å². The predicted molar refractivity (Wildman–Crippen MR) is 116 cm³/mol. The van der Waals surface area contributed by atoms with Crippen molar-refractivity contribution >= 4 is 50.6 Å². The van der Waals surface area contributed by atoms with E-state index in [2.05, 4.69) is 4.90 Å². The van der Waals surface area contributed by atoms with E-state index >= 15 is 0 Å². The van der Waals surface area contributed by atoms with Gasteiger partial charge in [0.25, 0.3) is 5.91 Å². The molecular formula is C21H23ClN2O4S. The summed E-state index contributed by atoms with van der Waals surface area (Å²) in [5.41, 5.74) is 2.42. The molecule has 2 heterocycles. The van der Waals surface area contributed by atoms with Gasteiger partial charge < -0.3 is 19.0 Å². The number of piperazine rings is 1. The summed E-state index contributed by atoms with van der Waals surface area (Å²) in [6.45, 7) is 3.47. The lowest BCUT2D eigenvalue weighted by Gasteiger charge is -2.34. The summed E-state index contributed by atoms with van der Waals surface area (Å²) in [7, 11) is 0. The molecule has 8 heteroatoms. The maximum atomic E-state index is 12.6. The van der Waals surface area contributed by atoms with E-state index in [9.17, 15) is 9.35 Å². The molecule has 1 unspecified atom stereocenters. The SMILES string of the molecule is O=C(C[S+]([O-])Cc1ccc2oc3ccc(Cl)cc3c2c1)N1CCN(CCO)CC1. The van der Waals surface area contributed by atoms with E-state index < -0.39 is 11.2 Å². The molecule has 1 aliphatic heterocycles. The van der Waals surface area contributed by atoms with Gasteiger partial charge in [-0.3, -0.25) is 9.69 Å². The summed E-state index contributed by atoms with van der Waals surface area (Å²) in [6.07, 6.45) is 0. The number of halogens is 1. The van der Waals surface area contributed by atoms with E-state index in [1.165, 1.54) is 0 Å². The molecule has 6 nitrogen and oxygen atoms in total. The van der Waals surface area contributed by atoms with E-state index in [4.69, 9.17) is 21.1 Å². The molecule has 0 saturated carbocycles. The van der Waals surface area contributed by atoms with Crippen molar-refractivity contribution in [1.29, 1.82) is 0 Å². The van der Waals surface area contributed by atoms with Crippen LogP contribution < -0.4 is 0 Å². The smallest absolute Gasteiger partial charge is 0.272 e. The Morgan fingerprint density at radius 1 is 1.10 bits per heavy atom. The minimum Gasteiger partial charge on any atom is -0.616 e. The molecule has 0 bridgehead atoms. The molecule has 0 aliphatic carbocycles. The molecule has 1 aliphatic rings. The third kappa shape index (κ3) is 4.70. The molecule has 1 atom stereocenters. The largest absolute Gasteiger partial charge is 0.616 e. The number of carbonyl (C=O) groups is 1. The van der Waals surface area contributed by atoms with Gasteiger partial charge in [0.05, 0.1) is 6.61 Å². The Morgan fingerprint density at radius 2 is 1.79 bits per heavy atom. The number of fused-ring (bicyclic) bond motifs is 3. The van der Waals surface area contributed by atoms with Gasteiger partial charge in [-0.15, -0.1) is 0 Å². The number of β-amino-alcohol motifs (C(OH)–C–C–N with tert-alkyl or cyclic N) is 1. The summed E-state index contributed by atoms with van der Waals surface area (Å²) < 4.78 is 18.4. The molecule has 1 N–H and O–H groups in total. The lowest BCUT2D eigenvalue weighted by molar-refractivity contribution is -0.130. The van der Waals surface area contributed by atoms with E-state index in [0.29, 0.717) is 30.4 Å². The normalized spacial score (nSPS) is 16.6. The first-order chi connectivity index (χ1) is 14.0. The Balaban J connectivity index is 1.40. The molecule has 154 valence electrons. The third-order valence-electron chi connectivity index (χ3n) is 5.25. The number of carbonyl (C=O) groups excluding carboxylic acids is 1. The van der Waals surface area contributed by atoms with Gasteiger partial charge in [0.2, 0.25) is 0 Å². The molecule has 1 saturated heterocycles. The molecule has 0 radical (unpaired) electrons. The number of hydrogen-bond donors (Lipinski definition) is 1. The number of amides is 1. The first kappa shape index (κ1) is 20.5. The lowest BCUT2D eigenvalue weighted by atomic mass is 10.1. The maximum Gasteiger partial charge on any atom is 0.272 e. The van der Waals surface area contributed by atoms with Crippen LogP contribution in [-0.4, -0.2) is 70.4 Å². The van der Waals surface area contributed by atoms with E-state index in [-0.39, 0.29) is 18.3 Å². The number of aliphatic hydroxyl groups is 1. The second kappa shape index (κ2) is 8.93. The van der Waals surface area contributed by atoms with Crippen LogP contribution >= 0.6 is 11.6 Å². The first-order valence-electron chi connectivity index (χ1n) is 9.60. The molecular weight excluding hydrogens is 412 g/mol. The quantitative estimate of drug-likeness (QED) is 0.603. The highest BCUT2D eigenvalue weighted by Gasteiger charge is 2.24. The fraction of sp³-hybridized carbons (Fsp3) is 0.381. The molecule has 4 rings (SSSR count). The van der Waals surface area contributed by atoms with Gasteiger partial charge in [-0.1, -0.05) is 17.7 Å². The van der Waals surface area contributed by atoms with Gasteiger partial charge in [-0.2, -0.15) is 0 Å². The summed E-state index contributed by atoms with van der Waals surface area (Å²) in [6, 6.07) is 11.2. The van der Waals surface area contributed by atoms with Crippen LogP contribution in [0.5, 0.6) is 0 Å². The number of furan rings is 1. The molecule has 29 heavy (non-hydrogen) atoms. The van der Waals surface area contributed by atoms with Gasteiger partial charge in [-0.05, 0) is 41.5 Å². The van der Waals surface area contributed by atoms with E-state index in [1.807, 2.05) is 30.3 Å². The summed E-state index contributed by atoms with van der Waals surface area (Å²) >= 11 is 4.82. The Kier molecular flexibility index (Phi) is 6.32. The molecule has 1 amide bonds. The second-order valence-electron chi connectivity index (χ2n) is 7.25. The zero-order valence-corrected chi connectivity index (χ0v) is 17.5. The average Bonchev–Trinajstić information content (AvgIpc) is 3.06. The number of rotatable bonds is 6. The lowest BCUT2D eigenvalue weighted by Crippen LogP contribution is -2.50.